The molecule has 0 aliphatic carbocycles. The van der Waals surface area contributed by atoms with E-state index in [1.807, 2.05) is 6.92 Å². The minimum atomic E-state index is -4.62. The van der Waals surface area contributed by atoms with Crippen molar-refractivity contribution in [3.05, 3.63) is 64.7 Å². The third kappa shape index (κ3) is 4.37. The van der Waals surface area contributed by atoms with E-state index in [0.717, 1.165) is 11.1 Å². The van der Waals surface area contributed by atoms with Crippen molar-refractivity contribution in [1.29, 1.82) is 0 Å². The van der Waals surface area contributed by atoms with Crippen molar-refractivity contribution in [2.75, 3.05) is 5.32 Å². The number of hydrogen-bond acceptors (Lipinski definition) is 5. The van der Waals surface area contributed by atoms with Crippen molar-refractivity contribution < 1.29 is 18.0 Å². The number of carbonyl (C=O) groups is 1. The Kier molecular flexibility index (Phi) is 5.04. The average Bonchev–Trinajstić information content (AvgIpc) is 2.62. The zero-order chi connectivity index (χ0) is 19.6. The minimum absolute atomic E-state index is 0.209. The van der Waals surface area contributed by atoms with Crippen molar-refractivity contribution in [2.24, 2.45) is 0 Å². The van der Waals surface area contributed by atoms with Gasteiger partial charge in [0.15, 0.2) is 10.8 Å². The molecule has 0 fully saturated rings. The number of hydrogen-bond donors (Lipinski definition) is 1. The van der Waals surface area contributed by atoms with E-state index in [1.165, 1.54) is 6.20 Å². The lowest BCUT2D eigenvalue weighted by molar-refractivity contribution is -0.137. The highest BCUT2D eigenvalue weighted by molar-refractivity contribution is 6.29. The molecule has 3 rings (SSSR count). The largest absolute Gasteiger partial charge is 0.418 e. The van der Waals surface area contributed by atoms with Crippen LogP contribution in [0.4, 0.5) is 18.9 Å². The smallest absolute Gasteiger partial charge is 0.321 e. The fraction of sp³-hybridized carbons (Fsp3) is 0.118. The summed E-state index contributed by atoms with van der Waals surface area (Å²) in [6.07, 6.45) is -2.55. The van der Waals surface area contributed by atoms with Crippen LogP contribution in [0.3, 0.4) is 0 Å². The molecule has 1 aromatic carbocycles. The number of halogens is 4. The molecule has 138 valence electrons. The molecule has 0 radical (unpaired) electrons. The van der Waals surface area contributed by atoms with Crippen molar-refractivity contribution in [2.45, 2.75) is 13.1 Å². The highest BCUT2D eigenvalue weighted by atomic mass is 35.5. The van der Waals surface area contributed by atoms with Crippen LogP contribution in [0.15, 0.2) is 42.7 Å². The quantitative estimate of drug-likeness (QED) is 0.722. The van der Waals surface area contributed by atoms with E-state index in [-0.39, 0.29) is 5.15 Å². The summed E-state index contributed by atoms with van der Waals surface area (Å²) in [5.41, 5.74) is 1.18. The number of aryl methyl sites for hydroxylation is 1. The van der Waals surface area contributed by atoms with Crippen molar-refractivity contribution in [1.82, 2.24) is 20.4 Å². The molecule has 2 heterocycles. The van der Waals surface area contributed by atoms with Gasteiger partial charge in [0.25, 0.3) is 5.91 Å². The van der Waals surface area contributed by atoms with Gasteiger partial charge in [0.1, 0.15) is 0 Å². The second kappa shape index (κ2) is 7.28. The number of alkyl halides is 3. The van der Waals surface area contributed by atoms with Gasteiger partial charge in [-0.3, -0.25) is 4.79 Å². The predicted molar refractivity (Wildman–Crippen MR) is 92.2 cm³/mol. The number of amides is 1. The van der Waals surface area contributed by atoms with E-state index in [4.69, 9.17) is 11.6 Å². The molecule has 0 atom stereocenters. The summed E-state index contributed by atoms with van der Waals surface area (Å²) in [6, 6.07) is 7.28. The molecule has 0 saturated heterocycles. The first kappa shape index (κ1) is 18.7. The molecule has 3 aromatic rings. The van der Waals surface area contributed by atoms with Gasteiger partial charge in [0.05, 0.1) is 18.0 Å². The highest BCUT2D eigenvalue weighted by Gasteiger charge is 2.32. The van der Waals surface area contributed by atoms with Crippen molar-refractivity contribution in [3.8, 4) is 11.1 Å². The Balaban J connectivity index is 1.88. The van der Waals surface area contributed by atoms with Crippen LogP contribution in [0.5, 0.6) is 0 Å². The van der Waals surface area contributed by atoms with E-state index in [1.54, 1.807) is 24.3 Å². The Hall–Kier alpha value is -3.07. The predicted octanol–water partition coefficient (Wildman–Crippen LogP) is 4.17. The summed E-state index contributed by atoms with van der Waals surface area (Å²) in [6.45, 7) is 1.85. The van der Waals surface area contributed by atoms with Gasteiger partial charge in [-0.15, -0.1) is 10.2 Å². The summed E-state index contributed by atoms with van der Waals surface area (Å²) < 4.78 is 38.3. The Morgan fingerprint density at radius 2 is 1.81 bits per heavy atom. The SMILES string of the molecule is Cc1ccc(NC(=O)c2cc(C(F)(F)F)cnn2)cc1-c1cnnc(Cl)c1. The number of nitrogens with one attached hydrogen (secondary N) is 1. The van der Waals surface area contributed by atoms with E-state index in [2.05, 4.69) is 25.7 Å². The zero-order valence-electron chi connectivity index (χ0n) is 13.8. The third-order valence-corrected chi connectivity index (χ3v) is 3.83. The first-order valence-electron chi connectivity index (χ1n) is 7.54. The highest BCUT2D eigenvalue weighted by Crippen LogP contribution is 2.29. The van der Waals surface area contributed by atoms with Crippen LogP contribution in [0.25, 0.3) is 11.1 Å². The van der Waals surface area contributed by atoms with E-state index >= 15 is 0 Å². The molecular weight excluding hydrogens is 383 g/mol. The summed E-state index contributed by atoms with van der Waals surface area (Å²) in [7, 11) is 0. The molecule has 6 nitrogen and oxygen atoms in total. The maximum Gasteiger partial charge on any atom is 0.418 e. The Labute approximate surface area is 156 Å². The molecule has 10 heteroatoms. The molecule has 1 amide bonds. The molecule has 0 spiro atoms. The Bertz CT molecular complexity index is 1010. The van der Waals surface area contributed by atoms with Gasteiger partial charge in [0.2, 0.25) is 0 Å². The van der Waals surface area contributed by atoms with E-state index < -0.39 is 23.3 Å². The maximum absolute atomic E-state index is 12.8. The molecule has 27 heavy (non-hydrogen) atoms. The number of rotatable bonds is 3. The Morgan fingerprint density at radius 3 is 2.52 bits per heavy atom. The molecule has 2 aromatic heterocycles. The van der Waals surface area contributed by atoms with Crippen molar-refractivity contribution in [3.63, 3.8) is 0 Å². The van der Waals surface area contributed by atoms with Crippen LogP contribution in [0, 0.1) is 6.92 Å². The van der Waals surface area contributed by atoms with Gasteiger partial charge in [0, 0.05) is 11.3 Å². The number of anilines is 1. The number of aromatic nitrogens is 4. The summed E-state index contributed by atoms with van der Waals surface area (Å²) in [4.78, 5) is 12.3. The van der Waals surface area contributed by atoms with Crippen LogP contribution < -0.4 is 5.32 Å². The summed E-state index contributed by atoms with van der Waals surface area (Å²) >= 11 is 5.85. The summed E-state index contributed by atoms with van der Waals surface area (Å²) in [5.74, 6) is -0.811. The fourth-order valence-electron chi connectivity index (χ4n) is 2.33. The topological polar surface area (TPSA) is 80.7 Å². The molecule has 0 aliphatic rings. The van der Waals surface area contributed by atoms with Crippen LogP contribution in [-0.4, -0.2) is 26.3 Å². The Morgan fingerprint density at radius 1 is 1.07 bits per heavy atom. The average molecular weight is 394 g/mol. The number of carbonyl (C=O) groups excluding carboxylic acids is 1. The monoisotopic (exact) mass is 393 g/mol. The van der Waals surface area contributed by atoms with Gasteiger partial charge in [-0.05, 0) is 42.3 Å². The number of nitrogens with zero attached hydrogens (tertiary/aromatic N) is 4. The fourth-order valence-corrected chi connectivity index (χ4v) is 2.49. The van der Waals surface area contributed by atoms with E-state index in [0.29, 0.717) is 23.5 Å². The lowest BCUT2D eigenvalue weighted by Crippen LogP contribution is -2.16. The lowest BCUT2D eigenvalue weighted by atomic mass is 10.0. The normalized spacial score (nSPS) is 11.3. The number of benzene rings is 1. The van der Waals surface area contributed by atoms with Crippen LogP contribution in [-0.2, 0) is 6.18 Å². The van der Waals surface area contributed by atoms with Crippen LogP contribution in [0.2, 0.25) is 5.15 Å². The molecule has 0 saturated carbocycles. The standard InChI is InChI=1S/C17H11ClF3N5O/c1-9-2-3-12(6-13(9)10-4-15(18)26-22-7-10)24-16(27)14-5-11(8-23-25-14)17(19,20)21/h2-8H,1H3,(H,24,27). The molecular formula is C17H11ClF3N5O. The first-order valence-corrected chi connectivity index (χ1v) is 7.92. The minimum Gasteiger partial charge on any atom is -0.321 e. The zero-order valence-corrected chi connectivity index (χ0v) is 14.5. The van der Waals surface area contributed by atoms with Gasteiger partial charge in [-0.1, -0.05) is 17.7 Å². The summed E-state index contributed by atoms with van der Waals surface area (Å²) in [5, 5.41) is 16.9. The van der Waals surface area contributed by atoms with Gasteiger partial charge in [-0.2, -0.15) is 23.4 Å². The maximum atomic E-state index is 12.8. The third-order valence-electron chi connectivity index (χ3n) is 3.65. The lowest BCUT2D eigenvalue weighted by Gasteiger charge is -2.11. The van der Waals surface area contributed by atoms with Gasteiger partial charge in [-0.25, -0.2) is 0 Å². The molecule has 0 unspecified atom stereocenters. The molecule has 0 bridgehead atoms. The first-order chi connectivity index (χ1) is 12.7. The second-order valence-electron chi connectivity index (χ2n) is 5.58. The van der Waals surface area contributed by atoms with Crippen LogP contribution in [0.1, 0.15) is 21.6 Å². The van der Waals surface area contributed by atoms with Crippen molar-refractivity contribution >= 4 is 23.2 Å². The molecule has 0 aliphatic heterocycles. The van der Waals surface area contributed by atoms with Gasteiger partial charge >= 0.3 is 6.18 Å². The van der Waals surface area contributed by atoms with Crippen LogP contribution >= 0.6 is 11.6 Å². The molecule has 1 N–H and O–H groups in total. The second-order valence-corrected chi connectivity index (χ2v) is 5.97. The van der Waals surface area contributed by atoms with E-state index in [9.17, 15) is 18.0 Å². The van der Waals surface area contributed by atoms with Gasteiger partial charge < -0.3 is 5.32 Å².